The maximum atomic E-state index is 12.5. The number of carbonyl (C=O) groups is 1. The van der Waals surface area contributed by atoms with Crippen LogP contribution in [0.1, 0.15) is 11.1 Å². The standard InChI is InChI=1S/C20H19BrN4O3S/c21-17-3-1-2-16(12-17)14-24-29(27,28)19-6-4-18(5-7-19)25-20(26)23-13-15-8-10-22-11-9-15/h1-12,24H,13-14H2,(H2,23,25,26). The Morgan fingerprint density at radius 1 is 0.931 bits per heavy atom. The molecule has 0 aliphatic heterocycles. The highest BCUT2D eigenvalue weighted by Gasteiger charge is 2.14. The maximum Gasteiger partial charge on any atom is 0.319 e. The number of nitrogens with zero attached hydrogens (tertiary/aromatic N) is 1. The molecule has 0 radical (unpaired) electrons. The lowest BCUT2D eigenvalue weighted by atomic mass is 10.2. The van der Waals surface area contributed by atoms with E-state index in [0.717, 1.165) is 15.6 Å². The van der Waals surface area contributed by atoms with Crippen molar-refractivity contribution in [1.82, 2.24) is 15.0 Å². The van der Waals surface area contributed by atoms with Gasteiger partial charge >= 0.3 is 6.03 Å². The number of aromatic nitrogens is 1. The van der Waals surface area contributed by atoms with E-state index in [4.69, 9.17) is 0 Å². The molecule has 1 heterocycles. The van der Waals surface area contributed by atoms with Crippen molar-refractivity contribution < 1.29 is 13.2 Å². The number of urea groups is 1. The van der Waals surface area contributed by atoms with Crippen LogP contribution in [0, 0.1) is 0 Å². The summed E-state index contributed by atoms with van der Waals surface area (Å²) >= 11 is 3.36. The molecule has 3 rings (SSSR count). The summed E-state index contributed by atoms with van der Waals surface area (Å²) in [5.41, 5.74) is 2.25. The summed E-state index contributed by atoms with van der Waals surface area (Å²) in [6, 6.07) is 16.6. The number of hydrogen-bond donors (Lipinski definition) is 3. The largest absolute Gasteiger partial charge is 0.334 e. The molecule has 9 heteroatoms. The third kappa shape index (κ3) is 6.38. The van der Waals surface area contributed by atoms with Crippen LogP contribution in [0.2, 0.25) is 0 Å². The van der Waals surface area contributed by atoms with Crippen LogP contribution in [-0.4, -0.2) is 19.4 Å². The van der Waals surface area contributed by atoms with Crippen LogP contribution in [0.5, 0.6) is 0 Å². The summed E-state index contributed by atoms with van der Waals surface area (Å²) in [4.78, 5) is 16.0. The van der Waals surface area contributed by atoms with Crippen LogP contribution in [0.3, 0.4) is 0 Å². The van der Waals surface area contributed by atoms with Crippen molar-refractivity contribution in [2.45, 2.75) is 18.0 Å². The summed E-state index contributed by atoms with van der Waals surface area (Å²) in [6.07, 6.45) is 3.30. The molecule has 0 bridgehead atoms. The number of nitrogens with one attached hydrogen (secondary N) is 3. The first kappa shape index (κ1) is 21.0. The van der Waals surface area contributed by atoms with Crippen molar-refractivity contribution >= 4 is 37.7 Å². The zero-order valence-electron chi connectivity index (χ0n) is 15.3. The molecule has 3 N–H and O–H groups in total. The predicted molar refractivity (Wildman–Crippen MR) is 115 cm³/mol. The van der Waals surface area contributed by atoms with E-state index in [2.05, 4.69) is 36.3 Å². The Morgan fingerprint density at radius 3 is 2.34 bits per heavy atom. The molecule has 0 saturated carbocycles. The van der Waals surface area contributed by atoms with Gasteiger partial charge in [-0.2, -0.15) is 0 Å². The molecular weight excluding hydrogens is 456 g/mol. The van der Waals surface area contributed by atoms with Crippen LogP contribution in [0.15, 0.2) is 82.4 Å². The molecule has 0 saturated heterocycles. The van der Waals surface area contributed by atoms with Crippen LogP contribution in [-0.2, 0) is 23.1 Å². The zero-order valence-corrected chi connectivity index (χ0v) is 17.7. The first-order chi connectivity index (χ1) is 13.9. The topological polar surface area (TPSA) is 100 Å². The van der Waals surface area contributed by atoms with Crippen LogP contribution < -0.4 is 15.4 Å². The third-order valence-corrected chi connectivity index (χ3v) is 5.89. The number of pyridine rings is 1. The van der Waals surface area contributed by atoms with E-state index in [-0.39, 0.29) is 17.5 Å². The quantitative estimate of drug-likeness (QED) is 0.486. The van der Waals surface area contributed by atoms with Gasteiger partial charge in [0.1, 0.15) is 0 Å². The lowest BCUT2D eigenvalue weighted by Gasteiger charge is -2.10. The normalized spacial score (nSPS) is 11.1. The van der Waals surface area contributed by atoms with E-state index in [9.17, 15) is 13.2 Å². The Hall–Kier alpha value is -2.75. The Bertz CT molecular complexity index is 1070. The van der Waals surface area contributed by atoms with Crippen molar-refractivity contribution in [2.24, 2.45) is 0 Å². The monoisotopic (exact) mass is 474 g/mol. The molecule has 2 aromatic carbocycles. The molecule has 29 heavy (non-hydrogen) atoms. The van der Waals surface area contributed by atoms with Gasteiger partial charge in [-0.3, -0.25) is 4.98 Å². The average Bonchev–Trinajstić information content (AvgIpc) is 2.72. The lowest BCUT2D eigenvalue weighted by Crippen LogP contribution is -2.28. The number of halogens is 1. The number of sulfonamides is 1. The van der Waals surface area contributed by atoms with Crippen LogP contribution in [0.25, 0.3) is 0 Å². The minimum atomic E-state index is -3.66. The summed E-state index contributed by atoms with van der Waals surface area (Å²) in [6.45, 7) is 0.541. The number of carbonyl (C=O) groups excluding carboxylic acids is 1. The summed E-state index contributed by atoms with van der Waals surface area (Å²) < 4.78 is 28.4. The third-order valence-electron chi connectivity index (χ3n) is 3.98. The molecular formula is C20H19BrN4O3S. The fourth-order valence-corrected chi connectivity index (χ4v) is 3.95. The fourth-order valence-electron chi connectivity index (χ4n) is 2.48. The minimum absolute atomic E-state index is 0.121. The highest BCUT2D eigenvalue weighted by atomic mass is 79.9. The number of hydrogen-bond acceptors (Lipinski definition) is 4. The van der Waals surface area contributed by atoms with E-state index < -0.39 is 10.0 Å². The Morgan fingerprint density at radius 2 is 1.66 bits per heavy atom. The molecule has 0 atom stereocenters. The smallest absolute Gasteiger partial charge is 0.319 e. The van der Waals surface area contributed by atoms with Gasteiger partial charge in [0.05, 0.1) is 4.90 Å². The lowest BCUT2D eigenvalue weighted by molar-refractivity contribution is 0.251. The van der Waals surface area contributed by atoms with E-state index in [1.165, 1.54) is 12.1 Å². The number of amides is 2. The molecule has 2 amide bonds. The van der Waals surface area contributed by atoms with E-state index >= 15 is 0 Å². The van der Waals surface area contributed by atoms with Gasteiger partial charge in [-0.15, -0.1) is 0 Å². The highest BCUT2D eigenvalue weighted by molar-refractivity contribution is 9.10. The Labute approximate surface area is 177 Å². The summed E-state index contributed by atoms with van der Waals surface area (Å²) in [5, 5.41) is 5.39. The Balaban J connectivity index is 1.55. The molecule has 1 aromatic heterocycles. The van der Waals surface area contributed by atoms with E-state index in [1.807, 2.05) is 24.3 Å². The molecule has 7 nitrogen and oxygen atoms in total. The van der Waals surface area contributed by atoms with Crippen molar-refractivity contribution in [3.63, 3.8) is 0 Å². The molecule has 0 spiro atoms. The second-order valence-electron chi connectivity index (χ2n) is 6.14. The van der Waals surface area contributed by atoms with Gasteiger partial charge in [0, 0.05) is 35.6 Å². The van der Waals surface area contributed by atoms with Crippen molar-refractivity contribution in [3.8, 4) is 0 Å². The SMILES string of the molecule is O=C(NCc1ccncc1)Nc1ccc(S(=O)(=O)NCc2cccc(Br)c2)cc1. The second kappa shape index (κ2) is 9.64. The first-order valence-electron chi connectivity index (χ1n) is 8.70. The van der Waals surface area contributed by atoms with Crippen molar-refractivity contribution in [3.05, 3.63) is 88.7 Å². The molecule has 0 aliphatic carbocycles. The summed E-state index contributed by atoms with van der Waals surface area (Å²) in [5.74, 6) is 0. The second-order valence-corrected chi connectivity index (χ2v) is 8.82. The van der Waals surface area contributed by atoms with Gasteiger partial charge in [0.25, 0.3) is 0 Å². The fraction of sp³-hybridized carbons (Fsp3) is 0.100. The van der Waals surface area contributed by atoms with Gasteiger partial charge < -0.3 is 10.6 Å². The number of anilines is 1. The van der Waals surface area contributed by atoms with Crippen LogP contribution in [0.4, 0.5) is 10.5 Å². The van der Waals surface area contributed by atoms with Gasteiger partial charge in [0.15, 0.2) is 0 Å². The van der Waals surface area contributed by atoms with Crippen molar-refractivity contribution in [2.75, 3.05) is 5.32 Å². The number of rotatable bonds is 7. The van der Waals surface area contributed by atoms with Crippen LogP contribution >= 0.6 is 15.9 Å². The van der Waals surface area contributed by atoms with E-state index in [1.54, 1.807) is 36.7 Å². The summed E-state index contributed by atoms with van der Waals surface area (Å²) in [7, 11) is -3.66. The van der Waals surface area contributed by atoms with Gasteiger partial charge in [0.2, 0.25) is 10.0 Å². The zero-order chi connectivity index (χ0) is 20.7. The molecule has 3 aromatic rings. The molecule has 0 aliphatic rings. The van der Waals surface area contributed by atoms with Gasteiger partial charge in [-0.1, -0.05) is 28.1 Å². The average molecular weight is 475 g/mol. The first-order valence-corrected chi connectivity index (χ1v) is 11.0. The predicted octanol–water partition coefficient (Wildman–Crippen LogP) is 3.64. The maximum absolute atomic E-state index is 12.5. The molecule has 0 fully saturated rings. The molecule has 0 unspecified atom stereocenters. The highest BCUT2D eigenvalue weighted by Crippen LogP contribution is 2.16. The minimum Gasteiger partial charge on any atom is -0.334 e. The van der Waals surface area contributed by atoms with Gasteiger partial charge in [-0.25, -0.2) is 17.9 Å². The number of benzene rings is 2. The van der Waals surface area contributed by atoms with Gasteiger partial charge in [-0.05, 0) is 59.7 Å². The Kier molecular flexibility index (Phi) is 6.97. The van der Waals surface area contributed by atoms with Crippen molar-refractivity contribution in [1.29, 1.82) is 0 Å². The van der Waals surface area contributed by atoms with E-state index in [0.29, 0.717) is 12.2 Å². The molecule has 150 valence electrons.